The first-order valence-electron chi connectivity index (χ1n) is 12.6. The minimum atomic E-state index is -0.568. The molecule has 1 aliphatic heterocycles. The Morgan fingerprint density at radius 1 is 1.18 bits per heavy atom. The zero-order valence-corrected chi connectivity index (χ0v) is 22.8. The number of ether oxygens (including phenoxy) is 1. The van der Waals surface area contributed by atoms with E-state index in [1.165, 1.54) is 24.5 Å². The van der Waals surface area contributed by atoms with Crippen LogP contribution in [0.1, 0.15) is 58.9 Å². The molecule has 0 saturated carbocycles. The first kappa shape index (κ1) is 27.2. The van der Waals surface area contributed by atoms with Gasteiger partial charge in [0, 0.05) is 24.0 Å². The lowest BCUT2D eigenvalue weighted by atomic mass is 9.93. The van der Waals surface area contributed by atoms with Gasteiger partial charge in [-0.1, -0.05) is 13.8 Å². The van der Waals surface area contributed by atoms with Gasteiger partial charge in [-0.3, -0.25) is 0 Å². The van der Waals surface area contributed by atoms with E-state index in [9.17, 15) is 14.0 Å². The van der Waals surface area contributed by atoms with E-state index >= 15 is 0 Å². The van der Waals surface area contributed by atoms with E-state index in [-0.39, 0.29) is 11.7 Å². The summed E-state index contributed by atoms with van der Waals surface area (Å²) in [5, 5.41) is 9.28. The second-order valence-corrected chi connectivity index (χ2v) is 11.4. The maximum atomic E-state index is 13.7. The van der Waals surface area contributed by atoms with E-state index in [0.717, 1.165) is 5.56 Å². The number of urea groups is 1. The van der Waals surface area contributed by atoms with Gasteiger partial charge in [-0.15, -0.1) is 0 Å². The Hall–Kier alpha value is -3.89. The van der Waals surface area contributed by atoms with Crippen molar-refractivity contribution in [3.8, 4) is 0 Å². The number of aryl methyl sites for hydroxylation is 1. The maximum absolute atomic E-state index is 13.7. The van der Waals surface area contributed by atoms with Crippen molar-refractivity contribution >= 4 is 34.7 Å². The molecule has 4 rings (SSSR count). The lowest BCUT2D eigenvalue weighted by Crippen LogP contribution is -2.69. The molecule has 2 aromatic heterocycles. The Bertz CT molecular complexity index is 1330. The number of benzene rings is 1. The van der Waals surface area contributed by atoms with Crippen molar-refractivity contribution in [1.82, 2.24) is 20.6 Å². The molecule has 0 radical (unpaired) electrons. The van der Waals surface area contributed by atoms with Gasteiger partial charge in [0.2, 0.25) is 5.95 Å². The molecule has 0 bridgehead atoms. The highest BCUT2D eigenvalue weighted by Gasteiger charge is 2.42. The molecule has 0 unspecified atom stereocenters. The average molecular weight is 527 g/mol. The topological polar surface area (TPSA) is 122 Å². The van der Waals surface area contributed by atoms with Crippen molar-refractivity contribution in [2.75, 3.05) is 23.3 Å². The van der Waals surface area contributed by atoms with Crippen LogP contribution in [0.2, 0.25) is 0 Å². The highest BCUT2D eigenvalue weighted by atomic mass is 19.1. The monoisotopic (exact) mass is 526 g/mol. The van der Waals surface area contributed by atoms with Crippen LogP contribution in [-0.4, -0.2) is 46.3 Å². The molecule has 3 heterocycles. The van der Waals surface area contributed by atoms with E-state index < -0.39 is 29.3 Å². The molecule has 10 nitrogen and oxygen atoms in total. The van der Waals surface area contributed by atoms with Crippen molar-refractivity contribution in [3.05, 3.63) is 47.7 Å². The first-order valence-corrected chi connectivity index (χ1v) is 12.6. The van der Waals surface area contributed by atoms with Crippen molar-refractivity contribution in [1.29, 1.82) is 0 Å². The normalized spacial score (nSPS) is 15.7. The lowest BCUT2D eigenvalue weighted by Gasteiger charge is -2.48. The molecule has 1 aromatic carbocycles. The highest BCUT2D eigenvalue weighted by molar-refractivity contribution is 5.89. The Morgan fingerprint density at radius 2 is 1.84 bits per heavy atom. The van der Waals surface area contributed by atoms with Gasteiger partial charge in [-0.2, -0.15) is 0 Å². The first-order chi connectivity index (χ1) is 17.7. The molecule has 11 heteroatoms. The highest BCUT2D eigenvalue weighted by Crippen LogP contribution is 2.33. The number of aromatic nitrogens is 2. The van der Waals surface area contributed by atoms with Crippen LogP contribution >= 0.6 is 0 Å². The zero-order valence-electron chi connectivity index (χ0n) is 22.8. The molecule has 1 fully saturated rings. The summed E-state index contributed by atoms with van der Waals surface area (Å²) in [5.74, 6) is 0.747. The third kappa shape index (κ3) is 6.15. The molecule has 3 amide bonds. The van der Waals surface area contributed by atoms with E-state index in [4.69, 9.17) is 9.15 Å². The van der Waals surface area contributed by atoms with Crippen LogP contribution in [0, 0.1) is 18.7 Å². The SMILES string of the molecule is Cc1c([C@@H](NC(=O)Nc2cnc(N3CC(C)(NC(=O)OC(C)(C)C)C3)nc2)C(C)C)oc2ccc(F)cc12. The second-order valence-electron chi connectivity index (χ2n) is 11.4. The summed E-state index contributed by atoms with van der Waals surface area (Å²) < 4.78 is 25.0. The van der Waals surface area contributed by atoms with Gasteiger partial charge < -0.3 is 30.0 Å². The Balaban J connectivity index is 1.35. The minimum absolute atomic E-state index is 0.0125. The summed E-state index contributed by atoms with van der Waals surface area (Å²) in [6.45, 7) is 14.2. The number of anilines is 2. The molecule has 204 valence electrons. The van der Waals surface area contributed by atoms with Gasteiger partial charge in [0.25, 0.3) is 0 Å². The van der Waals surface area contributed by atoms with Crippen LogP contribution in [0.3, 0.4) is 0 Å². The van der Waals surface area contributed by atoms with Crippen molar-refractivity contribution in [2.24, 2.45) is 5.92 Å². The van der Waals surface area contributed by atoms with Gasteiger partial charge >= 0.3 is 12.1 Å². The maximum Gasteiger partial charge on any atom is 0.408 e. The van der Waals surface area contributed by atoms with E-state index in [1.54, 1.807) is 6.07 Å². The largest absolute Gasteiger partial charge is 0.459 e. The number of rotatable bonds is 6. The number of nitrogens with one attached hydrogen (secondary N) is 3. The zero-order chi connectivity index (χ0) is 27.8. The minimum Gasteiger partial charge on any atom is -0.459 e. The molecular formula is C27H35FN6O4. The summed E-state index contributed by atoms with van der Waals surface area (Å²) in [6, 6.07) is 3.50. The molecule has 0 aliphatic carbocycles. The summed E-state index contributed by atoms with van der Waals surface area (Å²) in [7, 11) is 0. The molecule has 3 N–H and O–H groups in total. The summed E-state index contributed by atoms with van der Waals surface area (Å²) in [4.78, 5) is 35.5. The molecule has 1 saturated heterocycles. The Kier molecular flexibility index (Phi) is 7.22. The Labute approximate surface area is 221 Å². The number of alkyl carbamates (subject to hydrolysis) is 1. The number of carbonyl (C=O) groups is 2. The number of nitrogens with zero attached hydrogens (tertiary/aromatic N) is 3. The predicted octanol–water partition coefficient (Wildman–Crippen LogP) is 5.29. The van der Waals surface area contributed by atoms with Gasteiger partial charge in [0.05, 0.1) is 29.7 Å². The fourth-order valence-corrected chi connectivity index (χ4v) is 4.47. The molecule has 3 aromatic rings. The Morgan fingerprint density at radius 3 is 2.45 bits per heavy atom. The van der Waals surface area contributed by atoms with Crippen LogP contribution in [0.25, 0.3) is 11.0 Å². The smallest absolute Gasteiger partial charge is 0.408 e. The molecule has 1 aliphatic rings. The van der Waals surface area contributed by atoms with E-state index in [1.807, 2.05) is 53.4 Å². The third-order valence-corrected chi connectivity index (χ3v) is 6.23. The fraction of sp³-hybridized carbons (Fsp3) is 0.481. The van der Waals surface area contributed by atoms with E-state index in [2.05, 4.69) is 25.9 Å². The molecule has 0 spiro atoms. The van der Waals surface area contributed by atoms with Gasteiger partial charge in [-0.05, 0) is 58.7 Å². The predicted molar refractivity (Wildman–Crippen MR) is 143 cm³/mol. The van der Waals surface area contributed by atoms with Gasteiger partial charge in [0.1, 0.15) is 22.8 Å². The van der Waals surface area contributed by atoms with Crippen LogP contribution in [0.15, 0.2) is 35.0 Å². The number of hydrogen-bond donors (Lipinski definition) is 3. The van der Waals surface area contributed by atoms with Crippen molar-refractivity contribution in [3.63, 3.8) is 0 Å². The van der Waals surface area contributed by atoms with Crippen LogP contribution in [0.4, 0.5) is 25.6 Å². The van der Waals surface area contributed by atoms with Crippen molar-refractivity contribution < 1.29 is 23.1 Å². The van der Waals surface area contributed by atoms with E-state index in [0.29, 0.717) is 41.5 Å². The summed E-state index contributed by atoms with van der Waals surface area (Å²) in [5.41, 5.74) is 0.761. The summed E-state index contributed by atoms with van der Waals surface area (Å²) in [6.07, 6.45) is 2.59. The number of fused-ring (bicyclic) bond motifs is 1. The van der Waals surface area contributed by atoms with Gasteiger partial charge in [-0.25, -0.2) is 23.9 Å². The van der Waals surface area contributed by atoms with Crippen LogP contribution in [-0.2, 0) is 4.74 Å². The molecular weight excluding hydrogens is 491 g/mol. The number of carbonyl (C=O) groups excluding carboxylic acids is 2. The number of amides is 3. The molecule has 38 heavy (non-hydrogen) atoms. The van der Waals surface area contributed by atoms with Crippen LogP contribution in [0.5, 0.6) is 0 Å². The van der Waals surface area contributed by atoms with Crippen molar-refractivity contribution in [2.45, 2.75) is 65.6 Å². The van der Waals surface area contributed by atoms with Crippen LogP contribution < -0.4 is 20.9 Å². The second kappa shape index (κ2) is 10.1. The lowest BCUT2D eigenvalue weighted by molar-refractivity contribution is 0.0444. The number of hydrogen-bond acceptors (Lipinski definition) is 7. The quantitative estimate of drug-likeness (QED) is 0.399. The number of furan rings is 1. The third-order valence-electron chi connectivity index (χ3n) is 6.23. The van der Waals surface area contributed by atoms with Gasteiger partial charge in [0.15, 0.2) is 0 Å². The number of halogens is 1. The molecule has 1 atom stereocenters. The fourth-order valence-electron chi connectivity index (χ4n) is 4.47. The standard InChI is InChI=1S/C27H35FN6O4/c1-15(2)21(22-16(3)19-10-17(28)8-9-20(19)37-22)32-24(35)31-18-11-29-23(30-12-18)34-13-27(7,14-34)33-25(36)38-26(4,5)6/h8-12,15,21H,13-14H2,1-7H3,(H,33,36)(H2,31,32,35)/t21-/m0/s1. The average Bonchev–Trinajstić information content (AvgIpc) is 3.10. The summed E-state index contributed by atoms with van der Waals surface area (Å²) >= 11 is 0.